The number of rotatable bonds is 4. The van der Waals surface area contributed by atoms with Crippen LogP contribution in [0.5, 0.6) is 5.75 Å². The number of amides is 1. The molecular formula is C23H14F2N2O2S. The topological polar surface area (TPSA) is 53.3 Å². The van der Waals surface area contributed by atoms with Crippen molar-refractivity contribution >= 4 is 35.1 Å². The molecule has 3 aromatic carbocycles. The summed E-state index contributed by atoms with van der Waals surface area (Å²) < 4.78 is 28.9. The van der Waals surface area contributed by atoms with Crippen LogP contribution in [0.25, 0.3) is 6.08 Å². The number of ether oxygens (including phenoxy) is 1. The number of benzene rings is 3. The Bertz CT molecular complexity index is 1120. The summed E-state index contributed by atoms with van der Waals surface area (Å²) >= 11 is 1.56. The summed E-state index contributed by atoms with van der Waals surface area (Å²) in [6, 6.07) is 22.7. The van der Waals surface area contributed by atoms with E-state index in [2.05, 4.69) is 4.74 Å². The van der Waals surface area contributed by atoms with Gasteiger partial charge < -0.3 is 4.74 Å². The quantitative estimate of drug-likeness (QED) is 0.382. The third-order valence-corrected chi connectivity index (χ3v) is 5.53. The van der Waals surface area contributed by atoms with Crippen molar-refractivity contribution in [2.75, 3.05) is 4.90 Å². The van der Waals surface area contributed by atoms with Gasteiger partial charge in [-0.1, -0.05) is 48.2 Å². The van der Waals surface area contributed by atoms with Crippen molar-refractivity contribution < 1.29 is 18.3 Å². The average molecular weight is 420 g/mol. The van der Waals surface area contributed by atoms with Crippen molar-refractivity contribution in [3.05, 3.63) is 83.9 Å². The van der Waals surface area contributed by atoms with Gasteiger partial charge in [-0.25, -0.2) is 0 Å². The number of fused-ring (bicyclic) bond motifs is 2. The summed E-state index contributed by atoms with van der Waals surface area (Å²) in [6.45, 7) is -2.92. The van der Waals surface area contributed by atoms with Crippen LogP contribution in [0.4, 0.5) is 20.2 Å². The van der Waals surface area contributed by atoms with E-state index < -0.39 is 12.5 Å². The van der Waals surface area contributed by atoms with E-state index in [1.54, 1.807) is 11.8 Å². The van der Waals surface area contributed by atoms with Gasteiger partial charge in [0.15, 0.2) is 0 Å². The summed E-state index contributed by atoms with van der Waals surface area (Å²) in [4.78, 5) is 16.7. The van der Waals surface area contributed by atoms with Crippen LogP contribution < -0.4 is 9.64 Å². The van der Waals surface area contributed by atoms with Gasteiger partial charge in [-0.15, -0.1) is 0 Å². The zero-order chi connectivity index (χ0) is 21.1. The maximum atomic E-state index is 13.4. The van der Waals surface area contributed by atoms with Gasteiger partial charge in [-0.2, -0.15) is 14.0 Å². The minimum Gasteiger partial charge on any atom is -0.435 e. The predicted molar refractivity (Wildman–Crippen MR) is 111 cm³/mol. The molecule has 0 aliphatic carbocycles. The van der Waals surface area contributed by atoms with Gasteiger partial charge in [0.2, 0.25) is 0 Å². The van der Waals surface area contributed by atoms with Crippen LogP contribution >= 0.6 is 11.8 Å². The molecular weight excluding hydrogens is 406 g/mol. The van der Waals surface area contributed by atoms with Crippen molar-refractivity contribution in [2.45, 2.75) is 16.4 Å². The van der Waals surface area contributed by atoms with E-state index in [0.29, 0.717) is 16.9 Å². The highest BCUT2D eigenvalue weighted by Crippen LogP contribution is 2.48. The second kappa shape index (κ2) is 8.39. The number of halogens is 2. The SMILES string of the molecule is N#CC(=Cc1ccc(OC(F)F)cc1)C(=O)N1c2ccccc2Sc2ccccc21. The minimum absolute atomic E-state index is 0.00268. The molecule has 0 saturated heterocycles. The minimum atomic E-state index is -2.92. The molecule has 4 rings (SSSR count). The third-order valence-electron chi connectivity index (χ3n) is 4.40. The Morgan fingerprint density at radius 3 is 2.07 bits per heavy atom. The lowest BCUT2D eigenvalue weighted by Gasteiger charge is -2.30. The largest absolute Gasteiger partial charge is 0.435 e. The van der Waals surface area contributed by atoms with E-state index in [9.17, 15) is 18.8 Å². The maximum absolute atomic E-state index is 13.4. The van der Waals surface area contributed by atoms with Crippen LogP contribution in [0.2, 0.25) is 0 Å². The second-order valence-corrected chi connectivity index (χ2v) is 7.38. The highest BCUT2D eigenvalue weighted by Gasteiger charge is 2.29. The molecule has 0 spiro atoms. The average Bonchev–Trinajstić information content (AvgIpc) is 2.76. The Morgan fingerprint density at radius 2 is 1.53 bits per heavy atom. The van der Waals surface area contributed by atoms with Crippen LogP contribution in [-0.4, -0.2) is 12.5 Å². The molecule has 0 N–H and O–H groups in total. The van der Waals surface area contributed by atoms with Crippen molar-refractivity contribution in [3.63, 3.8) is 0 Å². The molecule has 30 heavy (non-hydrogen) atoms. The fraction of sp³-hybridized carbons (Fsp3) is 0.0435. The first kappa shape index (κ1) is 19.7. The van der Waals surface area contributed by atoms with E-state index in [0.717, 1.165) is 9.79 Å². The van der Waals surface area contributed by atoms with Crippen LogP contribution in [0.1, 0.15) is 5.56 Å². The third kappa shape index (κ3) is 3.91. The molecule has 7 heteroatoms. The lowest BCUT2D eigenvalue weighted by atomic mass is 10.1. The van der Waals surface area contributed by atoms with Crippen molar-refractivity contribution in [1.82, 2.24) is 0 Å². The van der Waals surface area contributed by atoms with Crippen LogP contribution in [0.15, 0.2) is 88.2 Å². The number of hydrogen-bond acceptors (Lipinski definition) is 4. The Labute approximate surface area is 176 Å². The molecule has 0 radical (unpaired) electrons. The number of nitriles is 1. The first-order chi connectivity index (χ1) is 14.6. The number of anilines is 2. The highest BCUT2D eigenvalue weighted by molar-refractivity contribution is 7.99. The number of nitrogens with zero attached hydrogens (tertiary/aromatic N) is 2. The van der Waals surface area contributed by atoms with Gasteiger partial charge in [-0.3, -0.25) is 9.69 Å². The van der Waals surface area contributed by atoms with E-state index >= 15 is 0 Å². The molecule has 1 heterocycles. The number of alkyl halides is 2. The molecule has 3 aromatic rings. The first-order valence-electron chi connectivity index (χ1n) is 8.94. The molecule has 0 saturated carbocycles. The van der Waals surface area contributed by atoms with E-state index in [1.165, 1.54) is 35.2 Å². The Balaban J connectivity index is 1.71. The molecule has 148 valence electrons. The fourth-order valence-corrected chi connectivity index (χ4v) is 4.16. The zero-order valence-corrected chi connectivity index (χ0v) is 16.3. The van der Waals surface area contributed by atoms with Crippen LogP contribution in [0, 0.1) is 11.3 Å². The van der Waals surface area contributed by atoms with Gasteiger partial charge in [0.1, 0.15) is 17.4 Å². The molecule has 1 aliphatic heterocycles. The molecule has 1 aliphatic rings. The number of hydrogen-bond donors (Lipinski definition) is 0. The monoisotopic (exact) mass is 420 g/mol. The number of carbonyl (C=O) groups excluding carboxylic acids is 1. The lowest BCUT2D eigenvalue weighted by Crippen LogP contribution is -2.29. The van der Waals surface area contributed by atoms with Crippen LogP contribution in [-0.2, 0) is 4.79 Å². The van der Waals surface area contributed by atoms with Crippen molar-refractivity contribution in [3.8, 4) is 11.8 Å². The molecule has 4 nitrogen and oxygen atoms in total. The van der Waals surface area contributed by atoms with Crippen molar-refractivity contribution in [1.29, 1.82) is 5.26 Å². The summed E-state index contributed by atoms with van der Waals surface area (Å²) in [6.07, 6.45) is 1.43. The molecule has 0 aromatic heterocycles. The summed E-state index contributed by atoms with van der Waals surface area (Å²) in [5.74, 6) is -0.464. The van der Waals surface area contributed by atoms with Crippen molar-refractivity contribution in [2.24, 2.45) is 0 Å². The fourth-order valence-electron chi connectivity index (χ4n) is 3.10. The van der Waals surface area contributed by atoms with Gasteiger partial charge in [0.05, 0.1) is 11.4 Å². The predicted octanol–water partition coefficient (Wildman–Crippen LogP) is 6.02. The molecule has 1 amide bonds. The van der Waals surface area contributed by atoms with Gasteiger partial charge in [-0.05, 0) is 48.0 Å². The Morgan fingerprint density at radius 1 is 0.967 bits per heavy atom. The molecule has 0 fully saturated rings. The van der Waals surface area contributed by atoms with E-state index in [-0.39, 0.29) is 11.3 Å². The molecule has 0 bridgehead atoms. The normalized spacial score (nSPS) is 12.7. The van der Waals surface area contributed by atoms with Gasteiger partial charge >= 0.3 is 6.61 Å². The first-order valence-corrected chi connectivity index (χ1v) is 9.75. The molecule has 0 atom stereocenters. The highest BCUT2D eigenvalue weighted by atomic mass is 32.2. The smallest absolute Gasteiger partial charge is 0.387 e. The number of para-hydroxylation sites is 2. The lowest BCUT2D eigenvalue weighted by molar-refractivity contribution is -0.114. The summed E-state index contributed by atoms with van der Waals surface area (Å²) in [5.41, 5.74) is 1.85. The Kier molecular flexibility index (Phi) is 5.50. The maximum Gasteiger partial charge on any atom is 0.387 e. The summed E-state index contributed by atoms with van der Waals surface area (Å²) in [5, 5.41) is 9.66. The zero-order valence-electron chi connectivity index (χ0n) is 15.5. The molecule has 0 unspecified atom stereocenters. The number of carbonyl (C=O) groups is 1. The van der Waals surface area contributed by atoms with E-state index in [4.69, 9.17) is 0 Å². The second-order valence-electron chi connectivity index (χ2n) is 6.30. The van der Waals surface area contributed by atoms with Gasteiger partial charge in [0.25, 0.3) is 5.91 Å². The standard InChI is InChI=1S/C23H14F2N2O2S/c24-23(25)29-17-11-9-15(10-12-17)13-16(14-26)22(28)27-18-5-1-3-7-20(18)30-21-8-4-2-6-19(21)27/h1-13,23H. The Hall–Kier alpha value is -3.63. The van der Waals surface area contributed by atoms with Gasteiger partial charge in [0, 0.05) is 9.79 Å². The summed E-state index contributed by atoms with van der Waals surface area (Å²) in [7, 11) is 0. The van der Waals surface area contributed by atoms with E-state index in [1.807, 2.05) is 54.6 Å². The van der Waals surface area contributed by atoms with Crippen LogP contribution in [0.3, 0.4) is 0 Å².